The molecule has 188 valence electrons. The number of nitrogens with one attached hydrogen (secondary N) is 2. The fraction of sp³-hybridized carbons (Fsp3) is 0.143. The highest BCUT2D eigenvalue weighted by Gasteiger charge is 2.16. The molecule has 0 radical (unpaired) electrons. The van der Waals surface area contributed by atoms with Gasteiger partial charge in [0, 0.05) is 22.5 Å². The molecule has 4 aromatic rings. The Kier molecular flexibility index (Phi) is 7.63. The predicted octanol–water partition coefficient (Wildman–Crippen LogP) is 4.87. The monoisotopic (exact) mass is 498 g/mol. The first kappa shape index (κ1) is 25.2. The van der Waals surface area contributed by atoms with Crippen molar-refractivity contribution in [2.45, 2.75) is 13.8 Å². The summed E-state index contributed by atoms with van der Waals surface area (Å²) in [4.78, 5) is 37.3. The normalized spacial score (nSPS) is 10.5. The van der Waals surface area contributed by atoms with Gasteiger partial charge in [-0.1, -0.05) is 0 Å². The first-order chi connectivity index (χ1) is 17.9. The van der Waals surface area contributed by atoms with Gasteiger partial charge in [-0.25, -0.2) is 9.48 Å². The quantitative estimate of drug-likeness (QED) is 0.335. The number of nitrogens with zero attached hydrogens (tertiary/aromatic N) is 2. The lowest BCUT2D eigenvalue weighted by Crippen LogP contribution is -2.14. The number of rotatable bonds is 8. The molecule has 1 aromatic heterocycles. The first-order valence-corrected chi connectivity index (χ1v) is 11.6. The zero-order valence-corrected chi connectivity index (χ0v) is 20.6. The molecule has 9 heteroatoms. The van der Waals surface area contributed by atoms with E-state index in [2.05, 4.69) is 15.7 Å². The molecule has 0 aliphatic carbocycles. The molecule has 3 aromatic carbocycles. The minimum atomic E-state index is -0.425. The highest BCUT2D eigenvalue weighted by atomic mass is 16.5. The average molecular weight is 499 g/mol. The van der Waals surface area contributed by atoms with Gasteiger partial charge in [0.1, 0.15) is 11.3 Å². The molecule has 0 fully saturated rings. The van der Waals surface area contributed by atoms with E-state index in [0.717, 1.165) is 0 Å². The van der Waals surface area contributed by atoms with Crippen LogP contribution in [0.3, 0.4) is 0 Å². The molecule has 0 unspecified atom stereocenters. The van der Waals surface area contributed by atoms with E-state index in [-0.39, 0.29) is 18.4 Å². The maximum atomic E-state index is 12.7. The second kappa shape index (κ2) is 11.2. The van der Waals surface area contributed by atoms with Crippen LogP contribution in [-0.2, 0) is 4.74 Å². The van der Waals surface area contributed by atoms with Crippen molar-refractivity contribution in [2.24, 2.45) is 0 Å². The van der Waals surface area contributed by atoms with Crippen LogP contribution in [0.5, 0.6) is 5.75 Å². The van der Waals surface area contributed by atoms with E-state index in [1.165, 1.54) is 6.20 Å². The summed E-state index contributed by atoms with van der Waals surface area (Å²) in [7, 11) is 1.58. The molecule has 4 rings (SSSR count). The van der Waals surface area contributed by atoms with Crippen LogP contribution in [0.25, 0.3) is 5.69 Å². The smallest absolute Gasteiger partial charge is 0.341 e. The number of esters is 1. The highest BCUT2D eigenvalue weighted by Crippen LogP contribution is 2.19. The lowest BCUT2D eigenvalue weighted by atomic mass is 10.1. The summed E-state index contributed by atoms with van der Waals surface area (Å²) in [6.07, 6.45) is 1.47. The van der Waals surface area contributed by atoms with Gasteiger partial charge in [-0.05, 0) is 86.6 Å². The largest absolute Gasteiger partial charge is 0.497 e. The summed E-state index contributed by atoms with van der Waals surface area (Å²) < 4.78 is 11.8. The van der Waals surface area contributed by atoms with Crippen LogP contribution < -0.4 is 15.4 Å². The molecule has 0 spiro atoms. The number of aromatic nitrogens is 2. The van der Waals surface area contributed by atoms with Gasteiger partial charge in [0.25, 0.3) is 11.8 Å². The number of carbonyl (C=O) groups excluding carboxylic acids is 3. The van der Waals surface area contributed by atoms with Gasteiger partial charge in [-0.15, -0.1) is 0 Å². The molecule has 2 N–H and O–H groups in total. The summed E-state index contributed by atoms with van der Waals surface area (Å²) in [6.45, 7) is 3.81. The van der Waals surface area contributed by atoms with Gasteiger partial charge in [-0.3, -0.25) is 9.59 Å². The fourth-order valence-corrected chi connectivity index (χ4v) is 3.62. The number of methoxy groups -OCH3 is 1. The zero-order chi connectivity index (χ0) is 26.4. The van der Waals surface area contributed by atoms with Crippen molar-refractivity contribution in [3.05, 3.63) is 101 Å². The molecule has 0 bridgehead atoms. The van der Waals surface area contributed by atoms with Crippen molar-refractivity contribution < 1.29 is 23.9 Å². The summed E-state index contributed by atoms with van der Waals surface area (Å²) >= 11 is 0. The van der Waals surface area contributed by atoms with Crippen LogP contribution in [0, 0.1) is 6.92 Å². The molecule has 37 heavy (non-hydrogen) atoms. The van der Waals surface area contributed by atoms with E-state index < -0.39 is 5.97 Å². The van der Waals surface area contributed by atoms with Crippen LogP contribution in [0.1, 0.15) is 43.7 Å². The third kappa shape index (κ3) is 5.84. The summed E-state index contributed by atoms with van der Waals surface area (Å²) in [5, 5.41) is 9.90. The lowest BCUT2D eigenvalue weighted by molar-refractivity contribution is 0.0525. The molecule has 0 aliphatic heterocycles. The third-order valence-corrected chi connectivity index (χ3v) is 5.63. The Morgan fingerprint density at radius 3 is 1.84 bits per heavy atom. The van der Waals surface area contributed by atoms with E-state index in [0.29, 0.717) is 45.2 Å². The Morgan fingerprint density at radius 2 is 1.32 bits per heavy atom. The maximum Gasteiger partial charge on any atom is 0.341 e. The van der Waals surface area contributed by atoms with E-state index in [4.69, 9.17) is 9.47 Å². The topological polar surface area (TPSA) is 112 Å². The van der Waals surface area contributed by atoms with Gasteiger partial charge in [0.2, 0.25) is 0 Å². The van der Waals surface area contributed by atoms with Crippen molar-refractivity contribution in [2.75, 3.05) is 24.4 Å². The van der Waals surface area contributed by atoms with Crippen molar-refractivity contribution in [1.29, 1.82) is 0 Å². The average Bonchev–Trinajstić information content (AvgIpc) is 3.31. The van der Waals surface area contributed by atoms with Crippen LogP contribution >= 0.6 is 0 Å². The van der Waals surface area contributed by atoms with Gasteiger partial charge in [0.05, 0.1) is 31.3 Å². The van der Waals surface area contributed by atoms with E-state index >= 15 is 0 Å². The van der Waals surface area contributed by atoms with Crippen LogP contribution in [-0.4, -0.2) is 41.3 Å². The van der Waals surface area contributed by atoms with Crippen molar-refractivity contribution in [3.63, 3.8) is 0 Å². The Balaban J connectivity index is 1.38. The minimum Gasteiger partial charge on any atom is -0.497 e. The molecule has 0 saturated heterocycles. The van der Waals surface area contributed by atoms with Crippen LogP contribution in [0.4, 0.5) is 11.4 Å². The number of benzene rings is 3. The van der Waals surface area contributed by atoms with Crippen LogP contribution in [0.2, 0.25) is 0 Å². The number of hydrogen-bond donors (Lipinski definition) is 2. The van der Waals surface area contributed by atoms with Gasteiger partial charge in [0.15, 0.2) is 0 Å². The first-order valence-electron chi connectivity index (χ1n) is 11.6. The number of hydrogen-bond acceptors (Lipinski definition) is 6. The second-order valence-electron chi connectivity index (χ2n) is 8.04. The second-order valence-corrected chi connectivity index (χ2v) is 8.04. The molecule has 0 saturated carbocycles. The Morgan fingerprint density at radius 1 is 0.811 bits per heavy atom. The van der Waals surface area contributed by atoms with Crippen molar-refractivity contribution in [1.82, 2.24) is 9.78 Å². The number of anilines is 2. The minimum absolute atomic E-state index is 0.265. The molecule has 0 atom stereocenters. The number of ether oxygens (including phenoxy) is 2. The Hall–Kier alpha value is -4.92. The summed E-state index contributed by atoms with van der Waals surface area (Å²) in [5.74, 6) is -0.288. The maximum absolute atomic E-state index is 12.7. The van der Waals surface area contributed by atoms with E-state index in [9.17, 15) is 14.4 Å². The Labute approximate surface area is 214 Å². The molecule has 1 heterocycles. The van der Waals surface area contributed by atoms with Gasteiger partial charge in [-0.2, -0.15) is 5.10 Å². The predicted molar refractivity (Wildman–Crippen MR) is 140 cm³/mol. The molecular formula is C28H26N4O5. The summed E-state index contributed by atoms with van der Waals surface area (Å²) in [6, 6.07) is 20.5. The van der Waals surface area contributed by atoms with E-state index in [1.807, 2.05) is 0 Å². The molecule has 2 amide bonds. The van der Waals surface area contributed by atoms with E-state index in [1.54, 1.807) is 98.4 Å². The van der Waals surface area contributed by atoms with Crippen molar-refractivity contribution >= 4 is 29.2 Å². The molecule has 9 nitrogen and oxygen atoms in total. The van der Waals surface area contributed by atoms with Crippen LogP contribution in [0.15, 0.2) is 79.0 Å². The highest BCUT2D eigenvalue weighted by molar-refractivity contribution is 6.06. The zero-order valence-electron chi connectivity index (χ0n) is 20.6. The number of carbonyl (C=O) groups is 3. The Bertz CT molecular complexity index is 1410. The lowest BCUT2D eigenvalue weighted by Gasteiger charge is -2.09. The fourth-order valence-electron chi connectivity index (χ4n) is 3.62. The molecule has 0 aliphatic rings. The number of amides is 2. The molecular weight excluding hydrogens is 472 g/mol. The SMILES string of the molecule is CCOC(=O)c1cnn(-c2ccc(C(=O)Nc3ccc(C(=O)Nc4ccc(OC)cc4)cc3)cc2)c1C. The van der Waals surface area contributed by atoms with Gasteiger partial charge < -0.3 is 20.1 Å². The standard InChI is InChI=1S/C28H26N4O5/c1-4-37-28(35)25-17-29-32(18(25)2)23-13-7-20(8-14-23)27(34)30-21-9-5-19(6-10-21)26(33)31-22-11-15-24(36-3)16-12-22/h5-17H,4H2,1-3H3,(H,30,34)(H,31,33). The summed E-state index contributed by atoms with van der Waals surface area (Å²) in [5.41, 5.74) is 3.84. The third-order valence-electron chi connectivity index (χ3n) is 5.63. The van der Waals surface area contributed by atoms with Crippen molar-refractivity contribution in [3.8, 4) is 11.4 Å². The van der Waals surface area contributed by atoms with Gasteiger partial charge >= 0.3 is 5.97 Å².